The highest BCUT2D eigenvalue weighted by Crippen LogP contribution is 2.08. The van der Waals surface area contributed by atoms with Gasteiger partial charge in [-0.2, -0.15) is 5.10 Å². The monoisotopic (exact) mass is 326 g/mol. The van der Waals surface area contributed by atoms with Crippen molar-refractivity contribution in [3.05, 3.63) is 51.4 Å². The molecule has 1 aromatic heterocycles. The summed E-state index contributed by atoms with van der Waals surface area (Å²) >= 11 is 2.22. The van der Waals surface area contributed by atoms with Gasteiger partial charge in [-0.15, -0.1) is 0 Å². The van der Waals surface area contributed by atoms with E-state index in [1.165, 1.54) is 0 Å². The molecule has 0 bridgehead atoms. The van der Waals surface area contributed by atoms with Crippen LogP contribution in [0.2, 0.25) is 0 Å². The largest absolute Gasteiger partial charge is 0.292 e. The van der Waals surface area contributed by atoms with Crippen LogP contribution in [0.25, 0.3) is 0 Å². The number of nitrogens with zero attached hydrogens (tertiary/aromatic N) is 2. The van der Waals surface area contributed by atoms with E-state index in [1.54, 1.807) is 4.68 Å². The van der Waals surface area contributed by atoms with E-state index in [2.05, 4.69) is 27.7 Å². The first-order valence-electron chi connectivity index (χ1n) is 4.94. The summed E-state index contributed by atoms with van der Waals surface area (Å²) in [6, 6.07) is 9.45. The molecule has 0 atom stereocenters. The van der Waals surface area contributed by atoms with Gasteiger partial charge in [0.2, 0.25) is 0 Å². The van der Waals surface area contributed by atoms with Crippen LogP contribution in [0.1, 0.15) is 16.1 Å². The number of aryl methyl sites for hydroxylation is 1. The quantitative estimate of drug-likeness (QED) is 0.642. The smallest absolute Gasteiger partial charge is 0.184 e. The number of aromatic nitrogens is 2. The third-order valence-electron chi connectivity index (χ3n) is 2.25. The average molecular weight is 326 g/mol. The zero-order chi connectivity index (χ0) is 11.5. The van der Waals surface area contributed by atoms with Gasteiger partial charge in [-0.1, -0.05) is 12.1 Å². The Balaban J connectivity index is 2.11. The molecule has 0 aliphatic heterocycles. The van der Waals surface area contributed by atoms with Gasteiger partial charge in [-0.25, -0.2) is 0 Å². The van der Waals surface area contributed by atoms with Crippen LogP contribution in [0.4, 0.5) is 0 Å². The van der Waals surface area contributed by atoms with E-state index >= 15 is 0 Å². The molecule has 16 heavy (non-hydrogen) atoms. The molecule has 4 heteroatoms. The standard InChI is InChI=1S/C12H11IN2O/c1-9-6-7-15(14-9)8-12(16)10-2-4-11(13)5-3-10/h2-7H,8H2,1H3. The maximum absolute atomic E-state index is 11.9. The minimum absolute atomic E-state index is 0.0829. The molecule has 3 nitrogen and oxygen atoms in total. The molecule has 0 spiro atoms. The number of hydrogen-bond acceptors (Lipinski definition) is 2. The molecule has 0 aliphatic rings. The molecule has 0 saturated heterocycles. The number of benzene rings is 1. The first-order chi connectivity index (χ1) is 7.65. The first kappa shape index (κ1) is 11.3. The van der Waals surface area contributed by atoms with Crippen LogP contribution < -0.4 is 0 Å². The summed E-state index contributed by atoms with van der Waals surface area (Å²) in [7, 11) is 0. The third kappa shape index (κ3) is 2.69. The molecule has 0 fully saturated rings. The van der Waals surface area contributed by atoms with Crippen molar-refractivity contribution in [1.29, 1.82) is 0 Å². The van der Waals surface area contributed by atoms with E-state index < -0.39 is 0 Å². The lowest BCUT2D eigenvalue weighted by Gasteiger charge is -2.01. The van der Waals surface area contributed by atoms with Crippen LogP contribution in [-0.4, -0.2) is 15.6 Å². The van der Waals surface area contributed by atoms with Crippen molar-refractivity contribution in [1.82, 2.24) is 9.78 Å². The molecule has 0 radical (unpaired) electrons. The van der Waals surface area contributed by atoms with Crippen molar-refractivity contribution in [3.63, 3.8) is 0 Å². The van der Waals surface area contributed by atoms with Gasteiger partial charge in [0.25, 0.3) is 0 Å². The first-order valence-corrected chi connectivity index (χ1v) is 6.02. The summed E-state index contributed by atoms with van der Waals surface area (Å²) in [4.78, 5) is 11.9. The van der Waals surface area contributed by atoms with E-state index in [0.29, 0.717) is 6.54 Å². The summed E-state index contributed by atoms with van der Waals surface area (Å²) in [6.45, 7) is 2.21. The Morgan fingerprint density at radius 2 is 2.00 bits per heavy atom. The molecule has 1 heterocycles. The third-order valence-corrected chi connectivity index (χ3v) is 2.96. The van der Waals surface area contributed by atoms with Crippen molar-refractivity contribution < 1.29 is 4.79 Å². The fourth-order valence-corrected chi connectivity index (χ4v) is 1.79. The maximum Gasteiger partial charge on any atom is 0.184 e. The van der Waals surface area contributed by atoms with Gasteiger partial charge in [0.1, 0.15) is 6.54 Å². The van der Waals surface area contributed by atoms with Crippen molar-refractivity contribution in [2.75, 3.05) is 0 Å². The fraction of sp³-hybridized carbons (Fsp3) is 0.167. The van der Waals surface area contributed by atoms with Gasteiger partial charge in [0, 0.05) is 15.3 Å². The summed E-state index contributed by atoms with van der Waals surface area (Å²) in [5, 5.41) is 4.19. The highest BCUT2D eigenvalue weighted by atomic mass is 127. The van der Waals surface area contributed by atoms with Crippen molar-refractivity contribution in [2.24, 2.45) is 0 Å². The molecule has 0 N–H and O–H groups in total. The summed E-state index contributed by atoms with van der Waals surface area (Å²) in [6.07, 6.45) is 1.82. The zero-order valence-corrected chi connectivity index (χ0v) is 11.0. The number of ketones is 1. The highest BCUT2D eigenvalue weighted by molar-refractivity contribution is 14.1. The predicted octanol–water partition coefficient (Wildman–Crippen LogP) is 2.68. The minimum Gasteiger partial charge on any atom is -0.292 e. The van der Waals surface area contributed by atoms with Crippen LogP contribution in [0.3, 0.4) is 0 Å². The second-order valence-corrected chi connectivity index (χ2v) is 4.83. The molecule has 82 valence electrons. The summed E-state index contributed by atoms with van der Waals surface area (Å²) in [5.74, 6) is 0.0829. The molecule has 0 saturated carbocycles. The topological polar surface area (TPSA) is 34.9 Å². The highest BCUT2D eigenvalue weighted by Gasteiger charge is 2.06. The SMILES string of the molecule is Cc1ccn(CC(=O)c2ccc(I)cc2)n1. The lowest BCUT2D eigenvalue weighted by molar-refractivity contribution is 0.0967. The van der Waals surface area contributed by atoms with Gasteiger partial charge in [-0.3, -0.25) is 9.48 Å². The van der Waals surface area contributed by atoms with Gasteiger partial charge < -0.3 is 0 Å². The number of carbonyl (C=O) groups excluding carboxylic acids is 1. The lowest BCUT2D eigenvalue weighted by Crippen LogP contribution is -2.10. The Bertz CT molecular complexity index is 502. The molecular weight excluding hydrogens is 315 g/mol. The Morgan fingerprint density at radius 1 is 1.31 bits per heavy atom. The van der Waals surface area contributed by atoms with Crippen molar-refractivity contribution in [2.45, 2.75) is 13.5 Å². The fourth-order valence-electron chi connectivity index (χ4n) is 1.43. The second-order valence-electron chi connectivity index (χ2n) is 3.58. The normalized spacial score (nSPS) is 10.4. The molecule has 0 aliphatic carbocycles. The predicted molar refractivity (Wildman–Crippen MR) is 70.5 cm³/mol. The van der Waals surface area contributed by atoms with Crippen LogP contribution in [0.15, 0.2) is 36.5 Å². The van der Waals surface area contributed by atoms with Crippen LogP contribution in [0, 0.1) is 10.5 Å². The van der Waals surface area contributed by atoms with Crippen LogP contribution in [-0.2, 0) is 6.54 Å². The Hall–Kier alpha value is -1.17. The summed E-state index contributed by atoms with van der Waals surface area (Å²) in [5.41, 5.74) is 1.66. The molecule has 0 unspecified atom stereocenters. The van der Waals surface area contributed by atoms with Crippen LogP contribution >= 0.6 is 22.6 Å². The summed E-state index contributed by atoms with van der Waals surface area (Å²) < 4.78 is 2.79. The van der Waals surface area contributed by atoms with Crippen molar-refractivity contribution in [3.8, 4) is 0 Å². The number of halogens is 1. The van der Waals surface area contributed by atoms with Gasteiger partial charge in [0.05, 0.1) is 5.69 Å². The van der Waals surface area contributed by atoms with Gasteiger partial charge in [-0.05, 0) is 47.7 Å². The number of rotatable bonds is 3. The van der Waals surface area contributed by atoms with E-state index in [-0.39, 0.29) is 5.78 Å². The maximum atomic E-state index is 11.9. The minimum atomic E-state index is 0.0829. The average Bonchev–Trinajstić information content (AvgIpc) is 2.65. The Labute approximate surface area is 108 Å². The molecule has 2 aromatic rings. The lowest BCUT2D eigenvalue weighted by atomic mass is 10.1. The van der Waals surface area contributed by atoms with Crippen molar-refractivity contribution >= 4 is 28.4 Å². The van der Waals surface area contributed by atoms with Crippen LogP contribution in [0.5, 0.6) is 0 Å². The van der Waals surface area contributed by atoms with E-state index in [0.717, 1.165) is 14.8 Å². The van der Waals surface area contributed by atoms with E-state index in [4.69, 9.17) is 0 Å². The van der Waals surface area contributed by atoms with E-state index in [1.807, 2.05) is 43.5 Å². The Kier molecular flexibility index (Phi) is 3.38. The number of Topliss-reactive ketones (excluding diaryl/α,β-unsaturated/α-hetero) is 1. The number of hydrogen-bond donors (Lipinski definition) is 0. The van der Waals surface area contributed by atoms with Gasteiger partial charge in [0.15, 0.2) is 5.78 Å². The molecular formula is C12H11IN2O. The zero-order valence-electron chi connectivity index (χ0n) is 8.85. The molecule has 2 rings (SSSR count). The molecule has 0 amide bonds. The van der Waals surface area contributed by atoms with E-state index in [9.17, 15) is 4.79 Å². The number of carbonyl (C=O) groups is 1. The second kappa shape index (κ2) is 4.78. The molecule has 1 aromatic carbocycles. The van der Waals surface area contributed by atoms with Gasteiger partial charge >= 0.3 is 0 Å². The Morgan fingerprint density at radius 3 is 2.56 bits per heavy atom.